The van der Waals surface area contributed by atoms with E-state index in [1.165, 1.54) is 48.7 Å². The zero-order valence-electron chi connectivity index (χ0n) is 18.1. The van der Waals surface area contributed by atoms with Crippen LogP contribution in [0.4, 0.5) is 0 Å². The molecule has 0 aromatic carbocycles. The second-order valence-electron chi connectivity index (χ2n) is 8.99. The van der Waals surface area contributed by atoms with Gasteiger partial charge in [-0.15, -0.1) is 0 Å². The summed E-state index contributed by atoms with van der Waals surface area (Å²) in [6.45, 7) is 18.6. The molecule has 0 aliphatic heterocycles. The Morgan fingerprint density at radius 2 is 1.29 bits per heavy atom. The van der Waals surface area contributed by atoms with Crippen LogP contribution in [-0.2, 0) is 4.43 Å². The minimum absolute atomic E-state index is 0.532. The third-order valence-corrected chi connectivity index (χ3v) is 20.9. The molecular formula is C21H46OSiSn. The van der Waals surface area contributed by atoms with Gasteiger partial charge in [-0.05, 0) is 0 Å². The van der Waals surface area contributed by atoms with Crippen LogP contribution in [0.3, 0.4) is 0 Å². The van der Waals surface area contributed by atoms with E-state index in [0.717, 1.165) is 0 Å². The zero-order chi connectivity index (χ0) is 18.6. The van der Waals surface area contributed by atoms with Crippen molar-refractivity contribution in [1.29, 1.82) is 0 Å². The third-order valence-electron chi connectivity index (χ3n) is 4.91. The number of hydrogen-bond acceptors (Lipinski definition) is 1. The van der Waals surface area contributed by atoms with E-state index in [4.69, 9.17) is 4.43 Å². The van der Waals surface area contributed by atoms with Crippen molar-refractivity contribution in [2.45, 2.75) is 111 Å². The second kappa shape index (κ2) is 12.8. The van der Waals surface area contributed by atoms with E-state index < -0.39 is 26.7 Å². The summed E-state index contributed by atoms with van der Waals surface area (Å²) in [6, 6.07) is 0. The van der Waals surface area contributed by atoms with Crippen molar-refractivity contribution < 1.29 is 4.43 Å². The number of unbranched alkanes of at least 4 members (excludes halogenated alkanes) is 3. The Labute approximate surface area is 159 Å². The maximum atomic E-state index is 6.44. The van der Waals surface area contributed by atoms with Crippen molar-refractivity contribution in [1.82, 2.24) is 0 Å². The molecule has 0 fully saturated rings. The molecule has 3 heteroatoms. The van der Waals surface area contributed by atoms with E-state index >= 15 is 0 Å². The fraction of sp³-hybridized carbons (Fsp3) is 0.905. The number of allylic oxidation sites excluding steroid dienone is 2. The van der Waals surface area contributed by atoms with Crippen LogP contribution in [0.2, 0.25) is 37.4 Å². The van der Waals surface area contributed by atoms with Crippen LogP contribution in [-0.4, -0.2) is 26.7 Å². The molecule has 0 heterocycles. The van der Waals surface area contributed by atoms with Gasteiger partial charge >= 0.3 is 159 Å². The van der Waals surface area contributed by atoms with Crippen molar-refractivity contribution in [3.8, 4) is 0 Å². The SMILES string of the molecule is CCC[CH2][Sn]([CH2]/C=C(/O[Si](C)(C)C)C(C)C)([CH2]CCC)[CH2]CCC. The molecule has 0 rings (SSSR count). The van der Waals surface area contributed by atoms with Gasteiger partial charge in [-0.25, -0.2) is 0 Å². The van der Waals surface area contributed by atoms with Gasteiger partial charge in [-0.2, -0.15) is 0 Å². The van der Waals surface area contributed by atoms with Gasteiger partial charge in [-0.3, -0.25) is 0 Å². The molecule has 0 aromatic heterocycles. The monoisotopic (exact) mass is 462 g/mol. The van der Waals surface area contributed by atoms with Crippen molar-refractivity contribution in [3.05, 3.63) is 11.8 Å². The van der Waals surface area contributed by atoms with E-state index in [1.54, 1.807) is 13.3 Å². The van der Waals surface area contributed by atoms with Crippen LogP contribution < -0.4 is 0 Å². The summed E-state index contributed by atoms with van der Waals surface area (Å²) < 4.78 is 12.7. The molecule has 0 atom stereocenters. The molecule has 24 heavy (non-hydrogen) atoms. The molecular weight excluding hydrogens is 415 g/mol. The fourth-order valence-electron chi connectivity index (χ4n) is 3.40. The predicted molar refractivity (Wildman–Crippen MR) is 117 cm³/mol. The van der Waals surface area contributed by atoms with E-state index in [9.17, 15) is 0 Å². The first kappa shape index (κ1) is 24.6. The van der Waals surface area contributed by atoms with Gasteiger partial charge in [0.15, 0.2) is 0 Å². The van der Waals surface area contributed by atoms with Gasteiger partial charge in [0.05, 0.1) is 0 Å². The molecule has 0 amide bonds. The topological polar surface area (TPSA) is 9.23 Å². The first-order valence-corrected chi connectivity index (χ1v) is 22.1. The van der Waals surface area contributed by atoms with Crippen LogP contribution >= 0.6 is 0 Å². The number of rotatable bonds is 14. The van der Waals surface area contributed by atoms with Gasteiger partial charge in [0.2, 0.25) is 0 Å². The Morgan fingerprint density at radius 1 is 0.875 bits per heavy atom. The Kier molecular flexibility index (Phi) is 13.1. The molecule has 0 unspecified atom stereocenters. The molecule has 1 nitrogen and oxygen atoms in total. The normalized spacial score (nSPS) is 13.6. The molecule has 0 bridgehead atoms. The summed E-state index contributed by atoms with van der Waals surface area (Å²) >= 11 is -2.05. The fourth-order valence-corrected chi connectivity index (χ4v) is 19.6. The molecule has 0 N–H and O–H groups in total. The van der Waals surface area contributed by atoms with Gasteiger partial charge in [0.25, 0.3) is 0 Å². The average molecular weight is 461 g/mol. The third kappa shape index (κ3) is 11.2. The van der Waals surface area contributed by atoms with Crippen LogP contribution in [0, 0.1) is 5.92 Å². The summed E-state index contributed by atoms with van der Waals surface area (Å²) in [5.74, 6) is 1.84. The van der Waals surface area contributed by atoms with Crippen LogP contribution in [0.25, 0.3) is 0 Å². The zero-order valence-corrected chi connectivity index (χ0v) is 22.0. The van der Waals surface area contributed by atoms with Crippen LogP contribution in [0.5, 0.6) is 0 Å². The summed E-state index contributed by atoms with van der Waals surface area (Å²) in [4.78, 5) is 0. The summed E-state index contributed by atoms with van der Waals surface area (Å²) in [7, 11) is -1.50. The van der Waals surface area contributed by atoms with Crippen LogP contribution in [0.15, 0.2) is 11.8 Å². The molecule has 0 aliphatic rings. The summed E-state index contributed by atoms with van der Waals surface area (Å²) in [6.07, 6.45) is 11.0. The first-order valence-electron chi connectivity index (χ1n) is 10.6. The first-order chi connectivity index (χ1) is 11.2. The Morgan fingerprint density at radius 3 is 1.58 bits per heavy atom. The van der Waals surface area contributed by atoms with E-state index in [0.29, 0.717) is 5.92 Å². The van der Waals surface area contributed by atoms with Gasteiger partial charge in [0.1, 0.15) is 0 Å². The summed E-state index contributed by atoms with van der Waals surface area (Å²) in [5.41, 5.74) is 0. The Hall–Kier alpha value is 0.556. The molecule has 0 spiro atoms. The standard InChI is InChI=1S/C9H19OSi.3C4H9.Sn/c1-7-9(8(2)3)10-11(4,5)6;3*1-3-4-2;/h7-8H,1H2,2-6H3;3*1,3-4H2,2H3;/b9-7+;;;;. The van der Waals surface area contributed by atoms with E-state index in [2.05, 4.69) is 60.3 Å². The van der Waals surface area contributed by atoms with E-state index in [1.807, 2.05) is 0 Å². The van der Waals surface area contributed by atoms with Gasteiger partial charge in [0, 0.05) is 0 Å². The maximum absolute atomic E-state index is 6.44. The number of hydrogen-bond donors (Lipinski definition) is 0. The van der Waals surface area contributed by atoms with Crippen molar-refractivity contribution in [2.75, 3.05) is 0 Å². The molecule has 0 aliphatic carbocycles. The predicted octanol–water partition coefficient (Wildman–Crippen LogP) is 8.23. The second-order valence-corrected chi connectivity index (χ2v) is 27.4. The van der Waals surface area contributed by atoms with Gasteiger partial charge in [-0.1, -0.05) is 0 Å². The molecule has 144 valence electrons. The molecule has 0 aromatic rings. The molecule has 0 saturated carbocycles. The summed E-state index contributed by atoms with van der Waals surface area (Å²) in [5, 5.41) is 0. The quantitative estimate of drug-likeness (QED) is 0.187. The molecule has 0 saturated heterocycles. The average Bonchev–Trinajstić information content (AvgIpc) is 2.50. The molecule has 0 radical (unpaired) electrons. The van der Waals surface area contributed by atoms with Crippen molar-refractivity contribution >= 4 is 26.7 Å². The Bertz CT molecular complexity index is 322. The Balaban J connectivity index is 5.29. The van der Waals surface area contributed by atoms with E-state index in [-0.39, 0.29) is 0 Å². The van der Waals surface area contributed by atoms with Crippen molar-refractivity contribution in [3.63, 3.8) is 0 Å². The van der Waals surface area contributed by atoms with Crippen molar-refractivity contribution in [2.24, 2.45) is 5.92 Å². The van der Waals surface area contributed by atoms with Gasteiger partial charge < -0.3 is 0 Å². The van der Waals surface area contributed by atoms with Crippen LogP contribution in [0.1, 0.15) is 73.1 Å². The minimum atomic E-state index is -2.05.